The highest BCUT2D eigenvalue weighted by atomic mass is 35.5. The van der Waals surface area contributed by atoms with Gasteiger partial charge in [0.05, 0.1) is 19.0 Å². The van der Waals surface area contributed by atoms with Crippen LogP contribution in [0.2, 0.25) is 5.02 Å². The Morgan fingerprint density at radius 3 is 2.47 bits per heavy atom. The number of hydrogen-bond donors (Lipinski definition) is 1. The topological polar surface area (TPSA) is 47.0 Å². The van der Waals surface area contributed by atoms with Crippen LogP contribution < -0.4 is 10.1 Å². The van der Waals surface area contributed by atoms with Crippen LogP contribution in [0.15, 0.2) is 36.7 Å². The molecule has 0 fully saturated rings. The summed E-state index contributed by atoms with van der Waals surface area (Å²) >= 11 is 5.84. The molecule has 0 aliphatic heterocycles. The molecule has 0 aliphatic rings. The van der Waals surface area contributed by atoms with Crippen LogP contribution in [0.1, 0.15) is 6.42 Å². The van der Waals surface area contributed by atoms with Gasteiger partial charge in [0.15, 0.2) is 11.6 Å². The Balaban J connectivity index is 1.96. The first-order valence-electron chi connectivity index (χ1n) is 6.15. The van der Waals surface area contributed by atoms with Crippen molar-refractivity contribution in [3.8, 4) is 17.1 Å². The largest absolute Gasteiger partial charge is 0.490 e. The van der Waals surface area contributed by atoms with Crippen molar-refractivity contribution in [2.45, 2.75) is 6.42 Å². The zero-order valence-electron chi connectivity index (χ0n) is 10.8. The second-order valence-electron chi connectivity index (χ2n) is 4.05. The van der Waals surface area contributed by atoms with Gasteiger partial charge in [-0.25, -0.2) is 9.97 Å². The zero-order chi connectivity index (χ0) is 13.5. The van der Waals surface area contributed by atoms with Gasteiger partial charge < -0.3 is 10.1 Å². The monoisotopic (exact) mass is 277 g/mol. The number of halogens is 1. The molecule has 1 N–H and O–H groups in total. The lowest BCUT2D eigenvalue weighted by atomic mass is 10.2. The van der Waals surface area contributed by atoms with Crippen LogP contribution in [-0.2, 0) is 0 Å². The number of hydrogen-bond acceptors (Lipinski definition) is 4. The molecule has 5 heteroatoms. The molecular weight excluding hydrogens is 262 g/mol. The first kappa shape index (κ1) is 13.8. The Morgan fingerprint density at radius 1 is 1.16 bits per heavy atom. The van der Waals surface area contributed by atoms with Gasteiger partial charge in [0.1, 0.15) is 0 Å². The van der Waals surface area contributed by atoms with Crippen molar-refractivity contribution in [2.75, 3.05) is 20.2 Å². The third kappa shape index (κ3) is 4.19. The van der Waals surface area contributed by atoms with Crippen LogP contribution in [0.3, 0.4) is 0 Å². The predicted molar refractivity (Wildman–Crippen MR) is 76.5 cm³/mol. The Hall–Kier alpha value is -1.65. The standard InChI is InChI=1S/C14H16ClN3O/c1-16-7-2-8-19-13-9-17-14(18-10-13)11-3-5-12(15)6-4-11/h3-6,9-10,16H,2,7-8H2,1H3. The fraction of sp³-hybridized carbons (Fsp3) is 0.286. The van der Waals surface area contributed by atoms with Crippen molar-refractivity contribution in [1.82, 2.24) is 15.3 Å². The summed E-state index contributed by atoms with van der Waals surface area (Å²) in [5.74, 6) is 1.35. The summed E-state index contributed by atoms with van der Waals surface area (Å²) in [6.45, 7) is 1.59. The van der Waals surface area contributed by atoms with Crippen LogP contribution in [0.5, 0.6) is 5.75 Å². The maximum atomic E-state index is 5.84. The van der Waals surface area contributed by atoms with Gasteiger partial charge in [0.25, 0.3) is 0 Å². The summed E-state index contributed by atoms with van der Waals surface area (Å²) in [7, 11) is 1.92. The average molecular weight is 278 g/mol. The quantitative estimate of drug-likeness (QED) is 0.825. The van der Waals surface area contributed by atoms with E-state index >= 15 is 0 Å². The predicted octanol–water partition coefficient (Wildman–Crippen LogP) is 2.79. The van der Waals surface area contributed by atoms with Crippen molar-refractivity contribution in [3.63, 3.8) is 0 Å². The summed E-state index contributed by atoms with van der Waals surface area (Å²) in [5, 5.41) is 3.77. The Labute approximate surface area is 117 Å². The lowest BCUT2D eigenvalue weighted by Gasteiger charge is -2.06. The smallest absolute Gasteiger partial charge is 0.159 e. The molecule has 0 saturated heterocycles. The van der Waals surface area contributed by atoms with Gasteiger partial charge in [0, 0.05) is 10.6 Å². The molecule has 0 atom stereocenters. The number of aromatic nitrogens is 2. The minimum atomic E-state index is 0.657. The van der Waals surface area contributed by atoms with E-state index in [0.29, 0.717) is 23.2 Å². The summed E-state index contributed by atoms with van der Waals surface area (Å²) in [5.41, 5.74) is 0.936. The Bertz CT molecular complexity index is 499. The lowest BCUT2D eigenvalue weighted by molar-refractivity contribution is 0.307. The summed E-state index contributed by atoms with van der Waals surface area (Å²) in [4.78, 5) is 8.57. The van der Waals surface area contributed by atoms with Gasteiger partial charge in [-0.05, 0) is 44.3 Å². The van der Waals surface area contributed by atoms with Gasteiger partial charge in [-0.15, -0.1) is 0 Å². The van der Waals surface area contributed by atoms with E-state index in [-0.39, 0.29) is 0 Å². The van der Waals surface area contributed by atoms with E-state index in [2.05, 4.69) is 15.3 Å². The first-order valence-corrected chi connectivity index (χ1v) is 6.53. The van der Waals surface area contributed by atoms with E-state index in [1.807, 2.05) is 31.3 Å². The molecular formula is C14H16ClN3O. The number of nitrogens with one attached hydrogen (secondary N) is 1. The van der Waals surface area contributed by atoms with Crippen molar-refractivity contribution in [1.29, 1.82) is 0 Å². The molecule has 1 aromatic heterocycles. The Kier molecular flexibility index (Phi) is 5.12. The van der Waals surface area contributed by atoms with Crippen LogP contribution in [0, 0.1) is 0 Å². The van der Waals surface area contributed by atoms with E-state index in [9.17, 15) is 0 Å². The third-order valence-electron chi connectivity index (χ3n) is 2.57. The molecule has 0 saturated carbocycles. The van der Waals surface area contributed by atoms with E-state index in [0.717, 1.165) is 18.5 Å². The van der Waals surface area contributed by atoms with Gasteiger partial charge in [0.2, 0.25) is 0 Å². The fourth-order valence-electron chi connectivity index (χ4n) is 1.58. The van der Waals surface area contributed by atoms with Crippen molar-refractivity contribution >= 4 is 11.6 Å². The zero-order valence-corrected chi connectivity index (χ0v) is 11.5. The van der Waals surface area contributed by atoms with Crippen LogP contribution in [0.4, 0.5) is 0 Å². The summed E-state index contributed by atoms with van der Waals surface area (Å²) in [6.07, 6.45) is 4.34. The lowest BCUT2D eigenvalue weighted by Crippen LogP contribution is -2.11. The van der Waals surface area contributed by atoms with Crippen LogP contribution in [-0.4, -0.2) is 30.2 Å². The van der Waals surface area contributed by atoms with Crippen molar-refractivity contribution < 1.29 is 4.74 Å². The van der Waals surface area contributed by atoms with Gasteiger partial charge >= 0.3 is 0 Å². The molecule has 1 aromatic carbocycles. The highest BCUT2D eigenvalue weighted by molar-refractivity contribution is 6.30. The highest BCUT2D eigenvalue weighted by Gasteiger charge is 2.02. The second kappa shape index (κ2) is 7.07. The number of ether oxygens (including phenoxy) is 1. The molecule has 19 heavy (non-hydrogen) atoms. The molecule has 0 bridgehead atoms. The van der Waals surface area contributed by atoms with Gasteiger partial charge in [-0.1, -0.05) is 11.6 Å². The molecule has 0 unspecified atom stereocenters. The molecule has 2 rings (SSSR count). The second-order valence-corrected chi connectivity index (χ2v) is 4.49. The number of benzene rings is 1. The first-order chi connectivity index (χ1) is 9.29. The molecule has 4 nitrogen and oxygen atoms in total. The van der Waals surface area contributed by atoms with Crippen LogP contribution >= 0.6 is 11.6 Å². The summed E-state index contributed by atoms with van der Waals surface area (Å²) < 4.78 is 5.53. The molecule has 0 radical (unpaired) electrons. The van der Waals surface area contributed by atoms with Crippen LogP contribution in [0.25, 0.3) is 11.4 Å². The van der Waals surface area contributed by atoms with E-state index < -0.39 is 0 Å². The Morgan fingerprint density at radius 2 is 1.84 bits per heavy atom. The summed E-state index contributed by atoms with van der Waals surface area (Å²) in [6, 6.07) is 7.43. The number of nitrogens with zero attached hydrogens (tertiary/aromatic N) is 2. The maximum Gasteiger partial charge on any atom is 0.159 e. The van der Waals surface area contributed by atoms with Crippen molar-refractivity contribution in [2.24, 2.45) is 0 Å². The third-order valence-corrected chi connectivity index (χ3v) is 2.82. The SMILES string of the molecule is CNCCCOc1cnc(-c2ccc(Cl)cc2)nc1. The van der Waals surface area contributed by atoms with Gasteiger partial charge in [-0.3, -0.25) is 0 Å². The average Bonchev–Trinajstić information content (AvgIpc) is 2.45. The number of rotatable bonds is 6. The van der Waals surface area contributed by atoms with E-state index in [1.54, 1.807) is 12.4 Å². The van der Waals surface area contributed by atoms with Crippen molar-refractivity contribution in [3.05, 3.63) is 41.7 Å². The minimum Gasteiger partial charge on any atom is -0.490 e. The molecule has 1 heterocycles. The molecule has 0 aliphatic carbocycles. The molecule has 0 spiro atoms. The van der Waals surface area contributed by atoms with E-state index in [1.165, 1.54) is 0 Å². The normalized spacial score (nSPS) is 10.4. The maximum absolute atomic E-state index is 5.84. The minimum absolute atomic E-state index is 0.657. The van der Waals surface area contributed by atoms with Gasteiger partial charge in [-0.2, -0.15) is 0 Å². The molecule has 2 aromatic rings. The molecule has 100 valence electrons. The fourth-order valence-corrected chi connectivity index (χ4v) is 1.70. The molecule has 0 amide bonds. The van der Waals surface area contributed by atoms with E-state index in [4.69, 9.17) is 16.3 Å². The highest BCUT2D eigenvalue weighted by Crippen LogP contribution is 2.19.